The van der Waals surface area contributed by atoms with Crippen molar-refractivity contribution in [3.63, 3.8) is 0 Å². The summed E-state index contributed by atoms with van der Waals surface area (Å²) >= 11 is 0. The predicted molar refractivity (Wildman–Crippen MR) is 74.7 cm³/mol. The van der Waals surface area contributed by atoms with Gasteiger partial charge >= 0.3 is 5.69 Å². The molecule has 0 saturated heterocycles. The van der Waals surface area contributed by atoms with Gasteiger partial charge in [0.2, 0.25) is 5.82 Å². The van der Waals surface area contributed by atoms with Gasteiger partial charge in [0, 0.05) is 31.4 Å². The lowest BCUT2D eigenvalue weighted by molar-refractivity contribution is -0.384. The van der Waals surface area contributed by atoms with Crippen LogP contribution in [0.3, 0.4) is 0 Å². The monoisotopic (exact) mass is 278 g/mol. The summed E-state index contributed by atoms with van der Waals surface area (Å²) in [7, 11) is 0. The number of hydrogen-bond donors (Lipinski definition) is 2. The second-order valence-electron chi connectivity index (χ2n) is 4.52. The van der Waals surface area contributed by atoms with Crippen molar-refractivity contribution in [2.75, 3.05) is 11.9 Å². The van der Waals surface area contributed by atoms with E-state index in [1.807, 2.05) is 6.92 Å². The first kappa shape index (κ1) is 14.0. The molecule has 0 unspecified atom stereocenters. The van der Waals surface area contributed by atoms with E-state index >= 15 is 0 Å². The number of hydrogen-bond acceptors (Lipinski definition) is 5. The van der Waals surface area contributed by atoms with Crippen LogP contribution in [0.5, 0.6) is 0 Å². The molecule has 0 aromatic carbocycles. The lowest BCUT2D eigenvalue weighted by Crippen LogP contribution is -2.12. The van der Waals surface area contributed by atoms with Crippen molar-refractivity contribution in [2.24, 2.45) is 0 Å². The van der Waals surface area contributed by atoms with Crippen LogP contribution in [-0.4, -0.2) is 31.2 Å². The molecule has 2 aromatic heterocycles. The fraction of sp³-hybridized carbons (Fsp3) is 0.500. The minimum Gasteiger partial charge on any atom is -0.364 e. The molecule has 0 fully saturated rings. The Labute approximate surface area is 116 Å². The van der Waals surface area contributed by atoms with Crippen molar-refractivity contribution in [1.29, 1.82) is 0 Å². The Morgan fingerprint density at radius 1 is 1.55 bits per heavy atom. The Kier molecular flexibility index (Phi) is 4.34. The molecule has 2 aromatic rings. The zero-order chi connectivity index (χ0) is 14.5. The first-order valence-corrected chi connectivity index (χ1v) is 6.56. The van der Waals surface area contributed by atoms with Gasteiger partial charge in [-0.05, 0) is 13.3 Å². The highest BCUT2D eigenvalue weighted by atomic mass is 16.6. The first-order chi connectivity index (χ1) is 9.63. The topological polar surface area (TPSA) is 102 Å². The molecule has 0 atom stereocenters. The number of nitro groups is 1. The zero-order valence-corrected chi connectivity index (χ0v) is 11.6. The summed E-state index contributed by atoms with van der Waals surface area (Å²) < 4.78 is 1.67. The van der Waals surface area contributed by atoms with Gasteiger partial charge in [0.1, 0.15) is 5.69 Å². The summed E-state index contributed by atoms with van der Waals surface area (Å²) in [6.45, 7) is 4.90. The number of imidazole rings is 1. The van der Waals surface area contributed by atoms with Crippen LogP contribution in [0.25, 0.3) is 0 Å². The molecule has 2 heterocycles. The van der Waals surface area contributed by atoms with Crippen LogP contribution in [0.4, 0.5) is 11.5 Å². The van der Waals surface area contributed by atoms with Gasteiger partial charge in [-0.15, -0.1) is 0 Å². The van der Waals surface area contributed by atoms with Gasteiger partial charge in [-0.25, -0.2) is 9.67 Å². The number of anilines is 1. The Morgan fingerprint density at radius 2 is 2.35 bits per heavy atom. The van der Waals surface area contributed by atoms with Gasteiger partial charge in [-0.1, -0.05) is 6.92 Å². The van der Waals surface area contributed by atoms with Crippen LogP contribution < -0.4 is 5.32 Å². The molecule has 0 radical (unpaired) electrons. The maximum absolute atomic E-state index is 11.1. The molecule has 0 aliphatic carbocycles. The number of aryl methyl sites for hydroxylation is 2. The molecule has 8 heteroatoms. The van der Waals surface area contributed by atoms with Crippen LogP contribution in [0.15, 0.2) is 12.5 Å². The summed E-state index contributed by atoms with van der Waals surface area (Å²) in [4.78, 5) is 17.7. The van der Waals surface area contributed by atoms with E-state index in [4.69, 9.17) is 0 Å². The molecule has 0 spiro atoms. The van der Waals surface area contributed by atoms with Gasteiger partial charge in [0.05, 0.1) is 11.3 Å². The van der Waals surface area contributed by atoms with Gasteiger partial charge in [-0.2, -0.15) is 5.10 Å². The quantitative estimate of drug-likeness (QED) is 0.594. The SMILES string of the molecule is CCCn1nc(C)c([N+](=O)[O-])c1NCCc1cnc[nH]1. The standard InChI is InChI=1S/C12H18N6O2/c1-3-6-17-12(11(18(19)20)9(2)16-17)14-5-4-10-7-13-8-15-10/h7-8,14H,3-6H2,1-2H3,(H,13,15). The van der Waals surface area contributed by atoms with Crippen molar-refractivity contribution in [2.45, 2.75) is 33.2 Å². The third-order valence-electron chi connectivity index (χ3n) is 2.96. The molecule has 108 valence electrons. The van der Waals surface area contributed by atoms with E-state index in [0.717, 1.165) is 12.1 Å². The first-order valence-electron chi connectivity index (χ1n) is 6.56. The number of nitrogens with zero attached hydrogens (tertiary/aromatic N) is 4. The third kappa shape index (κ3) is 2.95. The second-order valence-corrected chi connectivity index (χ2v) is 4.52. The number of rotatable bonds is 7. The second kappa shape index (κ2) is 6.18. The summed E-state index contributed by atoms with van der Waals surface area (Å²) in [6, 6.07) is 0. The highest BCUT2D eigenvalue weighted by Gasteiger charge is 2.24. The molecular formula is C12H18N6O2. The van der Waals surface area contributed by atoms with Crippen molar-refractivity contribution in [1.82, 2.24) is 19.7 Å². The van der Waals surface area contributed by atoms with Gasteiger partial charge in [-0.3, -0.25) is 10.1 Å². The van der Waals surface area contributed by atoms with Crippen LogP contribution in [0, 0.1) is 17.0 Å². The van der Waals surface area contributed by atoms with Crippen LogP contribution in [0.1, 0.15) is 24.7 Å². The molecule has 0 aliphatic heterocycles. The fourth-order valence-corrected chi connectivity index (χ4v) is 2.08. The molecule has 20 heavy (non-hydrogen) atoms. The maximum Gasteiger partial charge on any atom is 0.333 e. The molecule has 2 rings (SSSR count). The highest BCUT2D eigenvalue weighted by Crippen LogP contribution is 2.28. The maximum atomic E-state index is 11.1. The van der Waals surface area contributed by atoms with E-state index in [1.165, 1.54) is 0 Å². The van der Waals surface area contributed by atoms with E-state index in [-0.39, 0.29) is 10.6 Å². The number of aromatic amines is 1. The molecule has 0 bridgehead atoms. The molecule has 8 nitrogen and oxygen atoms in total. The van der Waals surface area contributed by atoms with Crippen LogP contribution in [0.2, 0.25) is 0 Å². The van der Waals surface area contributed by atoms with Gasteiger partial charge in [0.25, 0.3) is 0 Å². The van der Waals surface area contributed by atoms with E-state index in [0.29, 0.717) is 31.0 Å². The van der Waals surface area contributed by atoms with Gasteiger partial charge in [0.15, 0.2) is 0 Å². The molecular weight excluding hydrogens is 260 g/mol. The number of H-pyrrole nitrogens is 1. The third-order valence-corrected chi connectivity index (χ3v) is 2.96. The Morgan fingerprint density at radius 3 is 2.95 bits per heavy atom. The summed E-state index contributed by atoms with van der Waals surface area (Å²) in [6.07, 6.45) is 4.94. The molecule has 0 aliphatic rings. The van der Waals surface area contributed by atoms with E-state index in [1.54, 1.807) is 24.1 Å². The Bertz CT molecular complexity index is 575. The zero-order valence-electron chi connectivity index (χ0n) is 11.6. The average molecular weight is 278 g/mol. The molecule has 0 saturated carbocycles. The van der Waals surface area contributed by atoms with E-state index < -0.39 is 0 Å². The molecule has 2 N–H and O–H groups in total. The van der Waals surface area contributed by atoms with Crippen molar-refractivity contribution < 1.29 is 4.92 Å². The Balaban J connectivity index is 2.13. The lowest BCUT2D eigenvalue weighted by Gasteiger charge is -2.07. The summed E-state index contributed by atoms with van der Waals surface area (Å²) in [5.41, 5.74) is 1.48. The smallest absolute Gasteiger partial charge is 0.333 e. The van der Waals surface area contributed by atoms with Crippen LogP contribution >= 0.6 is 0 Å². The number of aromatic nitrogens is 4. The number of nitrogens with one attached hydrogen (secondary N) is 2. The minimum atomic E-state index is -0.382. The fourth-order valence-electron chi connectivity index (χ4n) is 2.08. The normalized spacial score (nSPS) is 10.7. The van der Waals surface area contributed by atoms with Gasteiger partial charge < -0.3 is 10.3 Å². The minimum absolute atomic E-state index is 0.0584. The summed E-state index contributed by atoms with van der Waals surface area (Å²) in [5, 5.41) is 18.5. The Hall–Kier alpha value is -2.38. The van der Waals surface area contributed by atoms with Crippen molar-refractivity contribution >= 4 is 11.5 Å². The van der Waals surface area contributed by atoms with Crippen molar-refractivity contribution in [3.8, 4) is 0 Å². The van der Waals surface area contributed by atoms with Crippen molar-refractivity contribution in [3.05, 3.63) is 34.0 Å². The van der Waals surface area contributed by atoms with E-state index in [2.05, 4.69) is 20.4 Å². The molecule has 0 amide bonds. The predicted octanol–water partition coefficient (Wildman–Crippen LogP) is 1.89. The van der Waals surface area contributed by atoms with Crippen LogP contribution in [-0.2, 0) is 13.0 Å². The highest BCUT2D eigenvalue weighted by molar-refractivity contribution is 5.59. The average Bonchev–Trinajstić information content (AvgIpc) is 2.99. The largest absolute Gasteiger partial charge is 0.364 e. The van der Waals surface area contributed by atoms with E-state index in [9.17, 15) is 10.1 Å². The lowest BCUT2D eigenvalue weighted by atomic mass is 10.3. The summed E-state index contributed by atoms with van der Waals surface area (Å²) in [5.74, 6) is 0.480.